The SMILES string of the molecule is CC[C@H](C)[C@H](N)C(=O)N[C@@H](CO)C(=O)N[C@@H](CC(=O)O)C(=O)N[C@@H](Cc1ccc(O)cc1)C(=O)N[C@@H](CO)C(=O)N[C@H](C(=O)N[C@@H](C)C(=O)N[C@@H](CCSC)C(=O)N[C@@H](CC(=O)O)C(=O)O)[C@@H](C)CC. The van der Waals surface area contributed by atoms with Crippen LogP contribution in [0.1, 0.15) is 72.3 Å². The van der Waals surface area contributed by atoms with Gasteiger partial charge in [0.15, 0.2) is 0 Å². The maximum Gasteiger partial charge on any atom is 0.326 e. The molecule has 0 saturated carbocycles. The average molecular weight is 1010 g/mol. The minimum Gasteiger partial charge on any atom is -0.508 e. The summed E-state index contributed by atoms with van der Waals surface area (Å²) in [6.45, 7) is 5.87. The molecule has 11 atom stereocenters. The number of amides is 8. The maximum absolute atomic E-state index is 13.9. The van der Waals surface area contributed by atoms with Crippen LogP contribution in [-0.4, -0.2) is 175 Å². The molecule has 26 nitrogen and oxygen atoms in total. The van der Waals surface area contributed by atoms with E-state index in [0.29, 0.717) is 17.7 Å². The van der Waals surface area contributed by atoms with Gasteiger partial charge in [0.25, 0.3) is 0 Å². The van der Waals surface area contributed by atoms with Crippen LogP contribution in [0.3, 0.4) is 0 Å². The number of aliphatic carboxylic acids is 3. The quantitative estimate of drug-likeness (QED) is 0.0327. The molecule has 1 aromatic carbocycles. The van der Waals surface area contributed by atoms with Gasteiger partial charge < -0.3 is 78.9 Å². The number of aromatic hydroxyl groups is 1. The fraction of sp³-hybridized carbons (Fsp3) is 0.605. The molecular formula is C43H67N9O17S. The van der Waals surface area contributed by atoms with Gasteiger partial charge in [0.05, 0.1) is 32.1 Å². The summed E-state index contributed by atoms with van der Waals surface area (Å²) in [6.07, 6.45) is 0.0647. The summed E-state index contributed by atoms with van der Waals surface area (Å²) in [4.78, 5) is 142. The number of aliphatic hydroxyl groups is 2. The molecule has 16 N–H and O–H groups in total. The maximum atomic E-state index is 13.9. The van der Waals surface area contributed by atoms with Crippen LogP contribution in [0.15, 0.2) is 24.3 Å². The smallest absolute Gasteiger partial charge is 0.326 e. The number of rotatable bonds is 32. The van der Waals surface area contributed by atoms with Crippen molar-refractivity contribution >= 4 is 76.9 Å². The highest BCUT2D eigenvalue weighted by Crippen LogP contribution is 2.14. The van der Waals surface area contributed by atoms with Crippen molar-refractivity contribution in [3.05, 3.63) is 29.8 Å². The molecular weight excluding hydrogens is 947 g/mol. The Morgan fingerprint density at radius 3 is 1.47 bits per heavy atom. The van der Waals surface area contributed by atoms with E-state index in [1.54, 1.807) is 34.0 Å². The number of nitrogens with one attached hydrogen (secondary N) is 8. The molecule has 0 aromatic heterocycles. The van der Waals surface area contributed by atoms with Crippen LogP contribution >= 0.6 is 11.8 Å². The normalized spacial score (nSPS) is 15.7. The molecule has 392 valence electrons. The summed E-state index contributed by atoms with van der Waals surface area (Å²) in [5.74, 6) is -13.9. The number of carbonyl (C=O) groups excluding carboxylic acids is 8. The molecule has 0 aliphatic carbocycles. The Labute approximate surface area is 407 Å². The number of thioether (sulfide) groups is 1. The predicted molar refractivity (Wildman–Crippen MR) is 249 cm³/mol. The van der Waals surface area contributed by atoms with Gasteiger partial charge in [-0.25, -0.2) is 4.79 Å². The summed E-state index contributed by atoms with van der Waals surface area (Å²) in [5.41, 5.74) is 6.24. The van der Waals surface area contributed by atoms with Crippen molar-refractivity contribution in [1.82, 2.24) is 42.5 Å². The molecule has 0 heterocycles. The van der Waals surface area contributed by atoms with E-state index in [9.17, 15) is 78.3 Å². The van der Waals surface area contributed by atoms with E-state index in [4.69, 9.17) is 10.8 Å². The van der Waals surface area contributed by atoms with Gasteiger partial charge in [-0.1, -0.05) is 52.7 Å². The third-order valence-electron chi connectivity index (χ3n) is 11.0. The van der Waals surface area contributed by atoms with E-state index in [0.717, 1.165) is 0 Å². The third kappa shape index (κ3) is 21.0. The van der Waals surface area contributed by atoms with Gasteiger partial charge in [0, 0.05) is 6.42 Å². The zero-order chi connectivity index (χ0) is 53.4. The second-order valence-electron chi connectivity index (χ2n) is 16.4. The van der Waals surface area contributed by atoms with E-state index < -0.39 is 152 Å². The summed E-state index contributed by atoms with van der Waals surface area (Å²) in [7, 11) is 0. The van der Waals surface area contributed by atoms with Crippen molar-refractivity contribution in [2.24, 2.45) is 17.6 Å². The number of phenolic OH excluding ortho intramolecular Hbond substituents is 1. The first kappa shape index (κ1) is 61.4. The Bertz CT molecular complexity index is 2000. The first-order chi connectivity index (χ1) is 32.8. The Kier molecular flexibility index (Phi) is 27.0. The lowest BCUT2D eigenvalue weighted by atomic mass is 9.97. The van der Waals surface area contributed by atoms with Crippen molar-refractivity contribution < 1.29 is 83.4 Å². The summed E-state index contributed by atoms with van der Waals surface area (Å²) in [5, 5.41) is 76.4. The largest absolute Gasteiger partial charge is 0.508 e. The Morgan fingerprint density at radius 2 is 0.971 bits per heavy atom. The first-order valence-corrected chi connectivity index (χ1v) is 23.6. The van der Waals surface area contributed by atoms with Crippen LogP contribution in [0.4, 0.5) is 0 Å². The van der Waals surface area contributed by atoms with Crippen LogP contribution in [0, 0.1) is 11.8 Å². The predicted octanol–water partition coefficient (Wildman–Crippen LogP) is -3.98. The van der Waals surface area contributed by atoms with E-state index >= 15 is 0 Å². The van der Waals surface area contributed by atoms with Crippen molar-refractivity contribution in [1.29, 1.82) is 0 Å². The number of hydrogen-bond acceptors (Lipinski definition) is 16. The zero-order valence-electron chi connectivity index (χ0n) is 39.7. The van der Waals surface area contributed by atoms with Gasteiger partial charge in [-0.05, 0) is 54.9 Å². The van der Waals surface area contributed by atoms with Crippen molar-refractivity contribution in [2.45, 2.75) is 128 Å². The van der Waals surface area contributed by atoms with Crippen LogP contribution in [0.5, 0.6) is 5.75 Å². The van der Waals surface area contributed by atoms with Crippen LogP contribution in [0.25, 0.3) is 0 Å². The molecule has 0 bridgehead atoms. The van der Waals surface area contributed by atoms with Gasteiger partial charge >= 0.3 is 17.9 Å². The topological polar surface area (TPSA) is 431 Å². The minimum absolute atomic E-state index is 0.0157. The van der Waals surface area contributed by atoms with E-state index in [1.165, 1.54) is 43.0 Å². The number of carbonyl (C=O) groups is 11. The molecule has 0 aliphatic rings. The lowest BCUT2D eigenvalue weighted by Crippen LogP contribution is -2.62. The fourth-order valence-electron chi connectivity index (χ4n) is 6.22. The first-order valence-electron chi connectivity index (χ1n) is 22.2. The summed E-state index contributed by atoms with van der Waals surface area (Å²) in [6, 6.07) is -8.88. The van der Waals surface area contributed by atoms with Crippen molar-refractivity contribution in [2.75, 3.05) is 25.2 Å². The Morgan fingerprint density at radius 1 is 0.543 bits per heavy atom. The van der Waals surface area contributed by atoms with Gasteiger partial charge in [0.1, 0.15) is 54.1 Å². The number of benzene rings is 1. The van der Waals surface area contributed by atoms with Crippen LogP contribution in [-0.2, 0) is 59.2 Å². The van der Waals surface area contributed by atoms with E-state index in [1.807, 2.05) is 0 Å². The lowest BCUT2D eigenvalue weighted by Gasteiger charge is -2.28. The van der Waals surface area contributed by atoms with Crippen molar-refractivity contribution in [3.8, 4) is 5.75 Å². The Balaban J connectivity index is 3.35. The molecule has 0 fully saturated rings. The average Bonchev–Trinajstić information content (AvgIpc) is 3.31. The molecule has 0 spiro atoms. The van der Waals surface area contributed by atoms with E-state index in [-0.39, 0.29) is 30.9 Å². The number of phenols is 1. The second kappa shape index (κ2) is 30.8. The molecule has 0 radical (unpaired) electrons. The second-order valence-corrected chi connectivity index (χ2v) is 17.4. The Hall–Kier alpha value is -6.58. The van der Waals surface area contributed by atoms with Crippen molar-refractivity contribution in [3.63, 3.8) is 0 Å². The number of carboxylic acids is 3. The third-order valence-corrected chi connectivity index (χ3v) is 11.6. The number of aliphatic hydroxyl groups excluding tert-OH is 2. The number of hydrogen-bond donors (Lipinski definition) is 15. The summed E-state index contributed by atoms with van der Waals surface area (Å²) < 4.78 is 0. The van der Waals surface area contributed by atoms with E-state index in [2.05, 4.69) is 42.5 Å². The molecule has 27 heteroatoms. The molecule has 0 unspecified atom stereocenters. The van der Waals surface area contributed by atoms with Gasteiger partial charge in [-0.3, -0.25) is 47.9 Å². The highest BCUT2D eigenvalue weighted by Gasteiger charge is 2.36. The minimum atomic E-state index is -1.92. The molecule has 70 heavy (non-hydrogen) atoms. The lowest BCUT2D eigenvalue weighted by molar-refractivity contribution is -0.147. The molecule has 0 aliphatic heterocycles. The van der Waals surface area contributed by atoms with Gasteiger partial charge in [-0.2, -0.15) is 11.8 Å². The highest BCUT2D eigenvalue weighted by atomic mass is 32.2. The summed E-state index contributed by atoms with van der Waals surface area (Å²) >= 11 is 1.29. The number of carboxylic acid groups (broad SMARTS) is 3. The molecule has 0 saturated heterocycles. The van der Waals surface area contributed by atoms with Gasteiger partial charge in [0.2, 0.25) is 47.3 Å². The number of nitrogens with two attached hydrogens (primary N) is 1. The van der Waals surface area contributed by atoms with Gasteiger partial charge in [-0.15, -0.1) is 0 Å². The zero-order valence-corrected chi connectivity index (χ0v) is 40.5. The highest BCUT2D eigenvalue weighted by molar-refractivity contribution is 7.98. The molecule has 8 amide bonds. The van der Waals surface area contributed by atoms with Crippen LogP contribution in [0.2, 0.25) is 0 Å². The molecule has 1 aromatic rings. The van der Waals surface area contributed by atoms with Crippen LogP contribution < -0.4 is 48.3 Å². The monoisotopic (exact) mass is 1010 g/mol. The fourth-order valence-corrected chi connectivity index (χ4v) is 6.69. The molecule has 1 rings (SSSR count). The standard InChI is InChI=1S/C43H67N9O17S/c1-7-20(3)33(44)41(66)51-29(18-53)39(64)48-27(16-31(56)57)38(63)47-26(15-23-9-11-24(55)12-10-23)37(62)50-30(19-54)40(65)52-34(21(4)8-2)42(67)45-22(5)35(60)46-25(13-14-70-6)36(61)49-28(43(68)69)17-32(58)59/h9-12,20-22,25-30,33-34,53-55H,7-8,13-19,44H2,1-6H3,(H,45,67)(H,46,60)(H,47,63)(H,48,64)(H,49,61)(H,50,62)(H,51,66)(H,52,65)(H,56,57)(H,58,59)(H,68,69)/t20-,21-,22-,25-,26-,27-,28-,29-,30-,33-,34-/m0/s1.